The van der Waals surface area contributed by atoms with E-state index in [2.05, 4.69) is 38.9 Å². The van der Waals surface area contributed by atoms with Crippen molar-refractivity contribution in [1.82, 2.24) is 20.2 Å². The highest BCUT2D eigenvalue weighted by atomic mass is 19.1. The number of hydrogen-bond acceptors (Lipinski definition) is 5. The van der Waals surface area contributed by atoms with Gasteiger partial charge in [0.25, 0.3) is 0 Å². The average Bonchev–Trinajstić information content (AvgIpc) is 3.12. The monoisotopic (exact) mass is 382 g/mol. The highest BCUT2D eigenvalue weighted by Crippen LogP contribution is 2.37. The minimum atomic E-state index is -0.384. The van der Waals surface area contributed by atoms with Crippen LogP contribution in [0.15, 0.2) is 30.5 Å². The second kappa shape index (κ2) is 7.47. The lowest BCUT2D eigenvalue weighted by molar-refractivity contribution is 0.194. The molecule has 3 N–H and O–H groups in total. The number of fused-ring (bicyclic) bond motifs is 1. The fourth-order valence-electron chi connectivity index (χ4n) is 4.50. The van der Waals surface area contributed by atoms with Crippen molar-refractivity contribution in [1.29, 1.82) is 0 Å². The third-order valence-electron chi connectivity index (χ3n) is 5.65. The van der Waals surface area contributed by atoms with Gasteiger partial charge in [-0.25, -0.2) is 14.4 Å². The van der Waals surface area contributed by atoms with E-state index in [1.807, 2.05) is 12.1 Å². The van der Waals surface area contributed by atoms with E-state index in [0.29, 0.717) is 23.8 Å². The van der Waals surface area contributed by atoms with Crippen molar-refractivity contribution in [2.24, 2.45) is 17.1 Å². The molecule has 1 aliphatic heterocycles. The number of nitrogens with one attached hydrogen (secondary N) is 1. The molecule has 1 atom stereocenters. The quantitative estimate of drug-likeness (QED) is 0.702. The topological polar surface area (TPSA) is 83.7 Å². The van der Waals surface area contributed by atoms with Crippen LogP contribution in [-0.4, -0.2) is 39.8 Å². The van der Waals surface area contributed by atoms with Crippen LogP contribution in [0.1, 0.15) is 33.1 Å². The predicted octanol–water partition coefficient (Wildman–Crippen LogP) is 3.75. The van der Waals surface area contributed by atoms with Crippen LogP contribution in [0.25, 0.3) is 22.4 Å². The number of hydrogen-bond donors (Lipinski definition) is 2. The molecule has 0 bridgehead atoms. The van der Waals surface area contributed by atoms with E-state index in [1.54, 1.807) is 12.3 Å². The summed E-state index contributed by atoms with van der Waals surface area (Å²) >= 11 is 0. The first-order valence-corrected chi connectivity index (χ1v) is 9.92. The molecule has 0 radical (unpaired) electrons. The number of aromatic amines is 1. The number of anilines is 1. The van der Waals surface area contributed by atoms with Crippen molar-refractivity contribution in [3.05, 3.63) is 36.3 Å². The van der Waals surface area contributed by atoms with Crippen molar-refractivity contribution in [2.75, 3.05) is 24.5 Å². The number of H-pyrrole nitrogens is 1. The number of piperidine rings is 1. The summed E-state index contributed by atoms with van der Waals surface area (Å²) in [6.07, 6.45) is 4.96. The molecule has 0 aromatic carbocycles. The van der Waals surface area contributed by atoms with Gasteiger partial charge in [0, 0.05) is 30.1 Å². The highest BCUT2D eigenvalue weighted by molar-refractivity contribution is 5.89. The molecular formula is C21H27FN6. The summed E-state index contributed by atoms with van der Waals surface area (Å²) in [6, 6.07) is 6.93. The van der Waals surface area contributed by atoms with Crippen molar-refractivity contribution in [3.8, 4) is 11.4 Å². The van der Waals surface area contributed by atoms with Crippen molar-refractivity contribution < 1.29 is 4.39 Å². The molecule has 1 aliphatic rings. The zero-order valence-electron chi connectivity index (χ0n) is 16.5. The Bertz CT molecular complexity index is 968. The fraction of sp³-hybridized carbons (Fsp3) is 0.476. The third-order valence-corrected chi connectivity index (χ3v) is 5.65. The maximum absolute atomic E-state index is 14.6. The van der Waals surface area contributed by atoms with Crippen LogP contribution in [0.4, 0.5) is 10.2 Å². The molecule has 6 nitrogen and oxygen atoms in total. The first-order valence-electron chi connectivity index (χ1n) is 9.92. The lowest BCUT2D eigenvalue weighted by Gasteiger charge is -2.44. The summed E-state index contributed by atoms with van der Waals surface area (Å²) in [6.45, 7) is 6.89. The smallest absolute Gasteiger partial charge is 0.155 e. The SMILES string of the molecule is CC(C)CC1(CN)CCCN(c2ccc(F)c(-c3n[nH]c4ncccc34)n2)C1. The van der Waals surface area contributed by atoms with Gasteiger partial charge in [-0.2, -0.15) is 5.10 Å². The summed E-state index contributed by atoms with van der Waals surface area (Å²) in [5, 5.41) is 7.89. The summed E-state index contributed by atoms with van der Waals surface area (Å²) in [7, 11) is 0. The van der Waals surface area contributed by atoms with Crippen molar-refractivity contribution in [3.63, 3.8) is 0 Å². The second-order valence-corrected chi connectivity index (χ2v) is 8.30. The Morgan fingerprint density at radius 2 is 2.14 bits per heavy atom. The van der Waals surface area contributed by atoms with Crippen LogP contribution in [-0.2, 0) is 0 Å². The third kappa shape index (κ3) is 3.46. The molecule has 0 aliphatic carbocycles. The van der Waals surface area contributed by atoms with Gasteiger partial charge in [0.05, 0.1) is 0 Å². The molecule has 148 valence electrons. The van der Waals surface area contributed by atoms with E-state index in [0.717, 1.165) is 43.6 Å². The molecule has 0 spiro atoms. The number of rotatable bonds is 5. The normalized spacial score (nSPS) is 20.2. The first-order chi connectivity index (χ1) is 13.5. The average molecular weight is 382 g/mol. The summed E-state index contributed by atoms with van der Waals surface area (Å²) in [5.74, 6) is 0.978. The van der Waals surface area contributed by atoms with E-state index in [4.69, 9.17) is 5.73 Å². The molecule has 4 heterocycles. The van der Waals surface area contributed by atoms with E-state index < -0.39 is 0 Å². The number of nitrogens with two attached hydrogens (primary N) is 1. The maximum Gasteiger partial charge on any atom is 0.155 e. The maximum atomic E-state index is 14.6. The fourth-order valence-corrected chi connectivity index (χ4v) is 4.50. The summed E-state index contributed by atoms with van der Waals surface area (Å²) < 4.78 is 14.6. The Morgan fingerprint density at radius 3 is 2.93 bits per heavy atom. The van der Waals surface area contributed by atoms with Crippen LogP contribution >= 0.6 is 0 Å². The molecule has 3 aromatic heterocycles. The molecule has 0 amide bonds. The molecule has 3 aromatic rings. The van der Waals surface area contributed by atoms with Gasteiger partial charge in [-0.3, -0.25) is 5.10 Å². The van der Waals surface area contributed by atoms with Crippen molar-refractivity contribution in [2.45, 2.75) is 33.1 Å². The standard InChI is InChI=1S/C21H27FN6/c1-14(2)11-21(12-23)8-4-10-28(13-21)17-7-6-16(22)19(25-17)18-15-5-3-9-24-20(15)27-26-18/h3,5-7,9,14H,4,8,10-13,23H2,1-2H3,(H,24,26,27). The van der Waals surface area contributed by atoms with Crippen LogP contribution in [0.2, 0.25) is 0 Å². The van der Waals surface area contributed by atoms with Gasteiger partial charge in [0.15, 0.2) is 11.5 Å². The van der Waals surface area contributed by atoms with E-state index in [9.17, 15) is 4.39 Å². The summed E-state index contributed by atoms with van der Waals surface area (Å²) in [4.78, 5) is 11.1. The Balaban J connectivity index is 1.69. The van der Waals surface area contributed by atoms with E-state index >= 15 is 0 Å². The zero-order valence-corrected chi connectivity index (χ0v) is 16.5. The lowest BCUT2D eigenvalue weighted by Crippen LogP contribution is -2.48. The predicted molar refractivity (Wildman–Crippen MR) is 109 cm³/mol. The van der Waals surface area contributed by atoms with Gasteiger partial charge in [0.1, 0.15) is 17.2 Å². The molecule has 28 heavy (non-hydrogen) atoms. The van der Waals surface area contributed by atoms with E-state index in [1.165, 1.54) is 6.07 Å². The minimum Gasteiger partial charge on any atom is -0.356 e. The number of aromatic nitrogens is 4. The van der Waals surface area contributed by atoms with Crippen molar-refractivity contribution >= 4 is 16.9 Å². The van der Waals surface area contributed by atoms with Crippen LogP contribution in [0.3, 0.4) is 0 Å². The second-order valence-electron chi connectivity index (χ2n) is 8.30. The largest absolute Gasteiger partial charge is 0.356 e. The van der Waals surface area contributed by atoms with Gasteiger partial charge < -0.3 is 10.6 Å². The molecule has 7 heteroatoms. The van der Waals surface area contributed by atoms with Gasteiger partial charge in [-0.15, -0.1) is 0 Å². The molecule has 4 rings (SSSR count). The minimum absolute atomic E-state index is 0.0889. The first kappa shape index (κ1) is 18.8. The Labute approximate surface area is 164 Å². The molecular weight excluding hydrogens is 355 g/mol. The summed E-state index contributed by atoms with van der Waals surface area (Å²) in [5.41, 5.74) is 7.65. The molecule has 0 saturated carbocycles. The Kier molecular flexibility index (Phi) is 5.02. The van der Waals surface area contributed by atoms with Crippen LogP contribution in [0, 0.1) is 17.2 Å². The highest BCUT2D eigenvalue weighted by Gasteiger charge is 2.35. The lowest BCUT2D eigenvalue weighted by atomic mass is 9.74. The van der Waals surface area contributed by atoms with Gasteiger partial charge in [-0.05, 0) is 56.0 Å². The molecule has 1 fully saturated rings. The van der Waals surface area contributed by atoms with E-state index in [-0.39, 0.29) is 16.9 Å². The Hall–Kier alpha value is -2.54. The van der Waals surface area contributed by atoms with Crippen LogP contribution < -0.4 is 10.6 Å². The van der Waals surface area contributed by atoms with Crippen LogP contribution in [0.5, 0.6) is 0 Å². The zero-order chi connectivity index (χ0) is 19.7. The van der Waals surface area contributed by atoms with Gasteiger partial charge >= 0.3 is 0 Å². The van der Waals surface area contributed by atoms with Gasteiger partial charge in [0.2, 0.25) is 0 Å². The number of halogens is 1. The molecule has 1 saturated heterocycles. The number of pyridine rings is 2. The Morgan fingerprint density at radius 1 is 1.29 bits per heavy atom. The van der Waals surface area contributed by atoms with Gasteiger partial charge in [-0.1, -0.05) is 13.8 Å². The number of nitrogens with zero attached hydrogens (tertiary/aromatic N) is 4. The molecule has 1 unspecified atom stereocenters.